The number of nitrogens with zero attached hydrogens (tertiary/aromatic N) is 1. The Bertz CT molecular complexity index is 879. The molecule has 3 aromatic rings. The standard InChI is InChI=1S/C21H21FN2O/c22-17-6-7-18-19(14-23-20(18)13-17)16-8-10-24(11-9-16)21(25)12-15-4-2-1-3-5-15/h1-7,13-14,16,23H,8-12H2. The van der Waals surface area contributed by atoms with E-state index < -0.39 is 0 Å². The van der Waals surface area contributed by atoms with Gasteiger partial charge >= 0.3 is 0 Å². The normalized spacial score (nSPS) is 15.6. The fourth-order valence-electron chi connectivity index (χ4n) is 3.78. The first-order valence-corrected chi connectivity index (χ1v) is 8.79. The SMILES string of the molecule is O=C(Cc1ccccc1)N1CCC(c2c[nH]c3cc(F)ccc23)CC1. The summed E-state index contributed by atoms with van der Waals surface area (Å²) in [5.74, 6) is 0.396. The van der Waals surface area contributed by atoms with Gasteiger partial charge in [-0.15, -0.1) is 0 Å². The number of fused-ring (bicyclic) bond motifs is 1. The van der Waals surface area contributed by atoms with Crippen molar-refractivity contribution >= 4 is 16.8 Å². The lowest BCUT2D eigenvalue weighted by Crippen LogP contribution is -2.38. The molecule has 0 radical (unpaired) electrons. The topological polar surface area (TPSA) is 36.1 Å². The highest BCUT2D eigenvalue weighted by atomic mass is 19.1. The molecule has 0 unspecified atom stereocenters. The lowest BCUT2D eigenvalue weighted by Gasteiger charge is -2.32. The zero-order valence-electron chi connectivity index (χ0n) is 14.0. The number of H-pyrrole nitrogens is 1. The van der Waals surface area contributed by atoms with Crippen LogP contribution in [-0.4, -0.2) is 28.9 Å². The van der Waals surface area contributed by atoms with E-state index in [1.165, 1.54) is 17.7 Å². The molecule has 4 rings (SSSR count). The van der Waals surface area contributed by atoms with Gasteiger partial charge in [-0.2, -0.15) is 0 Å². The van der Waals surface area contributed by atoms with Crippen molar-refractivity contribution in [2.75, 3.05) is 13.1 Å². The number of amides is 1. The van der Waals surface area contributed by atoms with Crippen LogP contribution in [0, 0.1) is 5.82 Å². The lowest BCUT2D eigenvalue weighted by molar-refractivity contribution is -0.131. The molecule has 1 N–H and O–H groups in total. The smallest absolute Gasteiger partial charge is 0.226 e. The molecule has 0 saturated carbocycles. The largest absolute Gasteiger partial charge is 0.361 e. The molecule has 128 valence electrons. The van der Waals surface area contributed by atoms with Crippen LogP contribution in [0.5, 0.6) is 0 Å². The van der Waals surface area contributed by atoms with Gasteiger partial charge in [-0.1, -0.05) is 30.3 Å². The average molecular weight is 336 g/mol. The Morgan fingerprint density at radius 2 is 1.88 bits per heavy atom. The maximum Gasteiger partial charge on any atom is 0.226 e. The third kappa shape index (κ3) is 3.29. The minimum absolute atomic E-state index is 0.200. The van der Waals surface area contributed by atoms with Gasteiger partial charge in [-0.05, 0) is 48.1 Å². The zero-order valence-corrected chi connectivity index (χ0v) is 14.0. The molecule has 1 amide bonds. The Hall–Kier alpha value is -2.62. The summed E-state index contributed by atoms with van der Waals surface area (Å²) in [5, 5.41) is 1.09. The van der Waals surface area contributed by atoms with Crippen LogP contribution in [0.3, 0.4) is 0 Å². The molecule has 1 aliphatic rings. The van der Waals surface area contributed by atoms with Crippen LogP contribution in [0.25, 0.3) is 10.9 Å². The molecule has 2 heterocycles. The van der Waals surface area contributed by atoms with Gasteiger partial charge in [0.1, 0.15) is 5.82 Å². The fourth-order valence-corrected chi connectivity index (χ4v) is 3.78. The van der Waals surface area contributed by atoms with Gasteiger partial charge in [0.05, 0.1) is 6.42 Å². The van der Waals surface area contributed by atoms with Gasteiger partial charge in [0, 0.05) is 30.2 Å². The number of aromatic amines is 1. The molecular weight excluding hydrogens is 315 g/mol. The molecule has 1 aliphatic heterocycles. The van der Waals surface area contributed by atoms with Gasteiger partial charge in [0.25, 0.3) is 0 Å². The first-order valence-electron chi connectivity index (χ1n) is 8.79. The van der Waals surface area contributed by atoms with Crippen LogP contribution < -0.4 is 0 Å². The Morgan fingerprint density at radius 1 is 1.12 bits per heavy atom. The van der Waals surface area contributed by atoms with Crippen LogP contribution >= 0.6 is 0 Å². The molecule has 0 aliphatic carbocycles. The van der Waals surface area contributed by atoms with Gasteiger partial charge in [-0.25, -0.2) is 4.39 Å². The van der Waals surface area contributed by atoms with Crippen molar-refractivity contribution in [3.8, 4) is 0 Å². The van der Waals surface area contributed by atoms with Crippen molar-refractivity contribution in [3.63, 3.8) is 0 Å². The summed E-state index contributed by atoms with van der Waals surface area (Å²) in [6.45, 7) is 1.56. The first-order chi connectivity index (χ1) is 12.2. The number of piperidine rings is 1. The number of halogens is 1. The van der Waals surface area contributed by atoms with E-state index in [2.05, 4.69) is 4.98 Å². The van der Waals surface area contributed by atoms with Crippen LogP contribution in [0.1, 0.15) is 29.9 Å². The zero-order chi connectivity index (χ0) is 17.2. The summed E-state index contributed by atoms with van der Waals surface area (Å²) in [6, 6.07) is 14.8. The van der Waals surface area contributed by atoms with Crippen LogP contribution in [-0.2, 0) is 11.2 Å². The minimum Gasteiger partial charge on any atom is -0.361 e. The molecule has 1 saturated heterocycles. The molecule has 0 spiro atoms. The van der Waals surface area contributed by atoms with E-state index in [9.17, 15) is 9.18 Å². The average Bonchev–Trinajstić information content (AvgIpc) is 3.05. The molecule has 0 bridgehead atoms. The van der Waals surface area contributed by atoms with Crippen molar-refractivity contribution in [2.24, 2.45) is 0 Å². The van der Waals surface area contributed by atoms with E-state index in [0.717, 1.165) is 42.4 Å². The predicted octanol–water partition coefficient (Wildman–Crippen LogP) is 4.26. The highest BCUT2D eigenvalue weighted by Crippen LogP contribution is 2.33. The molecule has 4 heteroatoms. The molecule has 25 heavy (non-hydrogen) atoms. The van der Waals surface area contributed by atoms with Gasteiger partial charge in [0.2, 0.25) is 5.91 Å². The summed E-state index contributed by atoms with van der Waals surface area (Å²) in [4.78, 5) is 17.6. The van der Waals surface area contributed by atoms with Crippen molar-refractivity contribution in [1.29, 1.82) is 0 Å². The van der Waals surface area contributed by atoms with Crippen LogP contribution in [0.2, 0.25) is 0 Å². The molecular formula is C21H21FN2O. The van der Waals surface area contributed by atoms with Gasteiger partial charge < -0.3 is 9.88 Å². The number of rotatable bonds is 3. The first kappa shape index (κ1) is 15.9. The Labute approximate surface area is 146 Å². The number of benzene rings is 2. The van der Waals surface area contributed by atoms with E-state index in [4.69, 9.17) is 0 Å². The molecule has 1 aromatic heterocycles. The summed E-state index contributed by atoms with van der Waals surface area (Å²) in [7, 11) is 0. The monoisotopic (exact) mass is 336 g/mol. The van der Waals surface area contributed by atoms with Crippen molar-refractivity contribution in [2.45, 2.75) is 25.2 Å². The highest BCUT2D eigenvalue weighted by Gasteiger charge is 2.25. The summed E-state index contributed by atoms with van der Waals surface area (Å²) in [6.07, 6.45) is 4.36. The molecule has 3 nitrogen and oxygen atoms in total. The Morgan fingerprint density at radius 3 is 2.64 bits per heavy atom. The number of carbonyl (C=O) groups excluding carboxylic acids is 1. The molecule has 0 atom stereocenters. The third-order valence-electron chi connectivity index (χ3n) is 5.16. The van der Waals surface area contributed by atoms with Gasteiger partial charge in [0.15, 0.2) is 0 Å². The van der Waals surface area contributed by atoms with Crippen molar-refractivity contribution in [1.82, 2.24) is 9.88 Å². The maximum atomic E-state index is 13.3. The summed E-state index contributed by atoms with van der Waals surface area (Å²) < 4.78 is 13.3. The maximum absolute atomic E-state index is 13.3. The van der Waals surface area contributed by atoms with Gasteiger partial charge in [-0.3, -0.25) is 4.79 Å². The Balaban J connectivity index is 1.41. The number of aromatic nitrogens is 1. The van der Waals surface area contributed by atoms with Crippen molar-refractivity contribution < 1.29 is 9.18 Å². The minimum atomic E-state index is -0.220. The quantitative estimate of drug-likeness (QED) is 0.762. The van der Waals surface area contributed by atoms with E-state index in [1.54, 1.807) is 0 Å². The summed E-state index contributed by atoms with van der Waals surface area (Å²) in [5.41, 5.74) is 3.15. The lowest BCUT2D eigenvalue weighted by atomic mass is 9.89. The fraction of sp³-hybridized carbons (Fsp3) is 0.286. The van der Waals surface area contributed by atoms with Crippen LogP contribution in [0.15, 0.2) is 54.7 Å². The number of nitrogens with one attached hydrogen (secondary N) is 1. The van der Waals surface area contributed by atoms with E-state index in [-0.39, 0.29) is 11.7 Å². The Kier molecular flexibility index (Phi) is 4.26. The number of hydrogen-bond donors (Lipinski definition) is 1. The van der Waals surface area contributed by atoms with E-state index in [1.807, 2.05) is 47.5 Å². The number of hydrogen-bond acceptors (Lipinski definition) is 1. The highest BCUT2D eigenvalue weighted by molar-refractivity contribution is 5.84. The second-order valence-corrected chi connectivity index (χ2v) is 6.75. The third-order valence-corrected chi connectivity index (χ3v) is 5.16. The second kappa shape index (κ2) is 6.71. The summed E-state index contributed by atoms with van der Waals surface area (Å²) >= 11 is 0. The number of likely N-dealkylation sites (tertiary alicyclic amines) is 1. The second-order valence-electron chi connectivity index (χ2n) is 6.75. The number of carbonyl (C=O) groups is 1. The van der Waals surface area contributed by atoms with E-state index >= 15 is 0 Å². The van der Waals surface area contributed by atoms with E-state index in [0.29, 0.717) is 12.3 Å². The van der Waals surface area contributed by atoms with Crippen LogP contribution in [0.4, 0.5) is 4.39 Å². The molecule has 1 fully saturated rings. The van der Waals surface area contributed by atoms with Crippen molar-refractivity contribution in [3.05, 3.63) is 71.7 Å². The predicted molar refractivity (Wildman–Crippen MR) is 97.0 cm³/mol. The molecule has 2 aromatic carbocycles.